The van der Waals surface area contributed by atoms with E-state index < -0.39 is 0 Å². The number of hydrogen-bond acceptors (Lipinski definition) is 5. The summed E-state index contributed by atoms with van der Waals surface area (Å²) < 4.78 is 26.4. The van der Waals surface area contributed by atoms with Crippen molar-refractivity contribution in [2.24, 2.45) is 5.10 Å². The second kappa shape index (κ2) is 7.89. The Labute approximate surface area is 152 Å². The van der Waals surface area contributed by atoms with Crippen LogP contribution in [0.3, 0.4) is 0 Å². The van der Waals surface area contributed by atoms with Gasteiger partial charge < -0.3 is 9.47 Å². The third kappa shape index (κ3) is 4.42. The second-order valence-electron chi connectivity index (χ2n) is 5.03. The van der Waals surface area contributed by atoms with Crippen LogP contribution in [0.2, 0.25) is 0 Å². The Morgan fingerprint density at radius 1 is 1.16 bits per heavy atom. The van der Waals surface area contributed by atoms with Gasteiger partial charge in [-0.2, -0.15) is 5.10 Å². The van der Waals surface area contributed by atoms with Gasteiger partial charge in [-0.3, -0.25) is 0 Å². The van der Waals surface area contributed by atoms with Crippen molar-refractivity contribution >= 4 is 22.1 Å². The smallest absolute Gasteiger partial charge is 0.162 e. The van der Waals surface area contributed by atoms with Crippen LogP contribution in [-0.2, 0) is 6.61 Å². The highest BCUT2D eigenvalue weighted by molar-refractivity contribution is 9.10. The molecule has 0 aliphatic heterocycles. The Morgan fingerprint density at radius 3 is 2.56 bits per heavy atom. The summed E-state index contributed by atoms with van der Waals surface area (Å²) in [5.41, 5.74) is 1.66. The van der Waals surface area contributed by atoms with Crippen molar-refractivity contribution in [3.05, 3.63) is 70.5 Å². The molecule has 6 nitrogen and oxygen atoms in total. The summed E-state index contributed by atoms with van der Waals surface area (Å²) in [5, 5.41) is 11.6. The van der Waals surface area contributed by atoms with Crippen LogP contribution in [0, 0.1) is 5.82 Å². The molecule has 0 aliphatic rings. The molecule has 0 radical (unpaired) electrons. The van der Waals surface area contributed by atoms with Crippen molar-refractivity contribution in [1.82, 2.24) is 14.9 Å². The van der Waals surface area contributed by atoms with Gasteiger partial charge in [0.1, 0.15) is 25.1 Å². The number of ether oxygens (including phenoxy) is 2. The van der Waals surface area contributed by atoms with Gasteiger partial charge >= 0.3 is 0 Å². The SMILES string of the molecule is COc1cc(C=Nn2cnnc2)c(Br)cc1OCc1ccc(F)cc1. The Bertz CT molecular complexity index is 867. The normalized spacial score (nSPS) is 11.0. The lowest BCUT2D eigenvalue weighted by atomic mass is 10.2. The molecule has 0 aliphatic carbocycles. The maximum Gasteiger partial charge on any atom is 0.162 e. The van der Waals surface area contributed by atoms with E-state index in [0.717, 1.165) is 15.6 Å². The first-order valence-corrected chi connectivity index (χ1v) is 8.09. The molecule has 25 heavy (non-hydrogen) atoms. The van der Waals surface area contributed by atoms with Crippen molar-refractivity contribution in [2.45, 2.75) is 6.61 Å². The topological polar surface area (TPSA) is 61.5 Å². The third-order valence-corrected chi connectivity index (χ3v) is 4.01. The van der Waals surface area contributed by atoms with Gasteiger partial charge in [-0.15, -0.1) is 10.2 Å². The van der Waals surface area contributed by atoms with Gasteiger partial charge in [0.05, 0.1) is 13.3 Å². The molecule has 0 unspecified atom stereocenters. The molecule has 0 amide bonds. The molecule has 0 atom stereocenters. The zero-order chi connectivity index (χ0) is 17.6. The quantitative estimate of drug-likeness (QED) is 0.588. The van der Waals surface area contributed by atoms with E-state index in [1.165, 1.54) is 29.5 Å². The molecule has 3 aromatic rings. The monoisotopic (exact) mass is 404 g/mol. The minimum Gasteiger partial charge on any atom is -0.493 e. The van der Waals surface area contributed by atoms with Crippen molar-refractivity contribution in [1.29, 1.82) is 0 Å². The molecular formula is C17H14BrFN4O2. The number of methoxy groups -OCH3 is 1. The molecule has 0 saturated carbocycles. The third-order valence-electron chi connectivity index (χ3n) is 3.33. The summed E-state index contributed by atoms with van der Waals surface area (Å²) in [4.78, 5) is 0. The highest BCUT2D eigenvalue weighted by atomic mass is 79.9. The highest BCUT2D eigenvalue weighted by Gasteiger charge is 2.10. The molecule has 0 saturated heterocycles. The Hall–Kier alpha value is -2.74. The van der Waals surface area contributed by atoms with Gasteiger partial charge in [0.2, 0.25) is 0 Å². The summed E-state index contributed by atoms with van der Waals surface area (Å²) in [5.74, 6) is 0.858. The van der Waals surface area contributed by atoms with Crippen molar-refractivity contribution in [3.8, 4) is 11.5 Å². The van der Waals surface area contributed by atoms with Crippen LogP contribution in [0.25, 0.3) is 0 Å². The number of benzene rings is 2. The van der Waals surface area contributed by atoms with Gasteiger partial charge in [-0.25, -0.2) is 9.07 Å². The largest absolute Gasteiger partial charge is 0.493 e. The van der Waals surface area contributed by atoms with Crippen molar-refractivity contribution in [3.63, 3.8) is 0 Å². The van der Waals surface area contributed by atoms with Crippen LogP contribution in [0.4, 0.5) is 4.39 Å². The number of nitrogens with zero attached hydrogens (tertiary/aromatic N) is 4. The fourth-order valence-corrected chi connectivity index (χ4v) is 2.47. The van der Waals surface area contributed by atoms with Gasteiger partial charge in [-0.05, 0) is 45.8 Å². The van der Waals surface area contributed by atoms with E-state index in [1.807, 2.05) is 0 Å². The van der Waals surface area contributed by atoms with Gasteiger partial charge in [0.25, 0.3) is 0 Å². The molecule has 128 valence electrons. The first kappa shape index (κ1) is 17.1. The minimum absolute atomic E-state index is 0.277. The van der Waals surface area contributed by atoms with Crippen LogP contribution in [0.5, 0.6) is 11.5 Å². The summed E-state index contributed by atoms with van der Waals surface area (Å²) in [6, 6.07) is 9.76. The summed E-state index contributed by atoms with van der Waals surface area (Å²) in [6.45, 7) is 0.303. The molecule has 3 rings (SSSR count). The van der Waals surface area contributed by atoms with E-state index in [9.17, 15) is 4.39 Å². The standard InChI is InChI=1S/C17H14BrFN4O2/c1-24-16-6-13(8-22-23-10-20-21-11-23)15(18)7-17(16)25-9-12-2-4-14(19)5-3-12/h2-8,10-11H,9H2,1H3. The average molecular weight is 405 g/mol. The maximum atomic E-state index is 13.0. The molecular weight excluding hydrogens is 391 g/mol. The molecule has 0 N–H and O–H groups in total. The fourth-order valence-electron chi connectivity index (χ4n) is 2.05. The Morgan fingerprint density at radius 2 is 1.88 bits per heavy atom. The average Bonchev–Trinajstić information content (AvgIpc) is 3.14. The van der Waals surface area contributed by atoms with E-state index in [0.29, 0.717) is 18.1 Å². The van der Waals surface area contributed by atoms with Crippen LogP contribution in [0.1, 0.15) is 11.1 Å². The van der Waals surface area contributed by atoms with Gasteiger partial charge in [0, 0.05) is 10.0 Å². The first-order valence-electron chi connectivity index (χ1n) is 7.29. The second-order valence-corrected chi connectivity index (χ2v) is 5.88. The number of hydrogen-bond donors (Lipinski definition) is 0. The van der Waals surface area contributed by atoms with Crippen LogP contribution in [-0.4, -0.2) is 28.2 Å². The van der Waals surface area contributed by atoms with Crippen LogP contribution < -0.4 is 9.47 Å². The predicted octanol–water partition coefficient (Wildman–Crippen LogP) is 3.65. The van der Waals surface area contributed by atoms with Gasteiger partial charge in [-0.1, -0.05) is 12.1 Å². The zero-order valence-corrected chi connectivity index (χ0v) is 14.9. The van der Waals surface area contributed by atoms with Crippen molar-refractivity contribution < 1.29 is 13.9 Å². The van der Waals surface area contributed by atoms with E-state index in [4.69, 9.17) is 9.47 Å². The molecule has 2 aromatic carbocycles. The predicted molar refractivity (Wildman–Crippen MR) is 94.4 cm³/mol. The molecule has 1 aromatic heterocycles. The molecule has 0 fully saturated rings. The van der Waals surface area contributed by atoms with E-state index >= 15 is 0 Å². The maximum absolute atomic E-state index is 13.0. The number of rotatable bonds is 6. The van der Waals surface area contributed by atoms with Gasteiger partial charge in [0.15, 0.2) is 11.5 Å². The van der Waals surface area contributed by atoms with E-state index in [2.05, 4.69) is 31.2 Å². The number of aromatic nitrogens is 3. The van der Waals surface area contributed by atoms with Crippen LogP contribution in [0.15, 0.2) is 58.6 Å². The molecule has 1 heterocycles. The van der Waals surface area contributed by atoms with Crippen molar-refractivity contribution in [2.75, 3.05) is 7.11 Å². The lowest BCUT2D eigenvalue weighted by Crippen LogP contribution is -1.99. The lowest BCUT2D eigenvalue weighted by molar-refractivity contribution is 0.284. The molecule has 8 heteroatoms. The number of halogens is 2. The first-order chi connectivity index (χ1) is 12.2. The minimum atomic E-state index is -0.277. The highest BCUT2D eigenvalue weighted by Crippen LogP contribution is 2.33. The summed E-state index contributed by atoms with van der Waals surface area (Å²) in [6.07, 6.45) is 4.63. The fraction of sp³-hybridized carbons (Fsp3) is 0.118. The Kier molecular flexibility index (Phi) is 5.39. The molecule has 0 bridgehead atoms. The lowest BCUT2D eigenvalue weighted by Gasteiger charge is -2.12. The zero-order valence-electron chi connectivity index (χ0n) is 13.3. The molecule has 0 spiro atoms. The summed E-state index contributed by atoms with van der Waals surface area (Å²) >= 11 is 3.49. The Balaban J connectivity index is 1.78. The van der Waals surface area contributed by atoms with E-state index in [1.54, 1.807) is 37.6 Å². The summed E-state index contributed by atoms with van der Waals surface area (Å²) in [7, 11) is 1.56. The van der Waals surface area contributed by atoms with Crippen LogP contribution >= 0.6 is 15.9 Å². The van der Waals surface area contributed by atoms with E-state index in [-0.39, 0.29) is 5.82 Å².